The van der Waals surface area contributed by atoms with Gasteiger partial charge in [-0.25, -0.2) is 36.9 Å². The van der Waals surface area contributed by atoms with Crippen LogP contribution in [0.3, 0.4) is 0 Å². The first-order chi connectivity index (χ1) is 25.7. The van der Waals surface area contributed by atoms with Crippen LogP contribution in [0.1, 0.15) is 16.7 Å². The number of hydrogen-bond acceptors (Lipinski definition) is 6. The normalized spacial score (nSPS) is 11.1. The van der Waals surface area contributed by atoms with Crippen molar-refractivity contribution in [3.05, 3.63) is 149 Å². The number of pyridine rings is 1. The number of fused-ring (bicyclic) bond motifs is 5. The maximum absolute atomic E-state index is 15.4. The lowest BCUT2D eigenvalue weighted by molar-refractivity contribution is 0.381. The van der Waals surface area contributed by atoms with Crippen LogP contribution in [0.5, 0.6) is 0 Å². The van der Waals surface area contributed by atoms with Gasteiger partial charge in [0.05, 0.1) is 74.1 Å². The zero-order valence-corrected chi connectivity index (χ0v) is 26.9. The molecule has 0 amide bonds. The van der Waals surface area contributed by atoms with Crippen molar-refractivity contribution >= 4 is 32.7 Å². The van der Waals surface area contributed by atoms with Crippen LogP contribution in [0.25, 0.3) is 77.6 Å². The number of nitriles is 3. The van der Waals surface area contributed by atoms with Gasteiger partial charge < -0.3 is 0 Å². The summed E-state index contributed by atoms with van der Waals surface area (Å²) in [6.07, 6.45) is 0. The molecule has 0 aliphatic heterocycles. The minimum Gasteiger partial charge on any atom is -0.247 e. The summed E-state index contributed by atoms with van der Waals surface area (Å²) >= 11 is 0. The van der Waals surface area contributed by atoms with E-state index in [1.807, 2.05) is 0 Å². The monoisotopic (exact) mass is 700 g/mol. The number of para-hydroxylation sites is 1. The smallest absolute Gasteiger partial charge is 0.200 e. The summed E-state index contributed by atoms with van der Waals surface area (Å²) in [5.74, 6) is -10.5. The van der Waals surface area contributed by atoms with Gasteiger partial charge in [0.2, 0.25) is 5.82 Å². The fourth-order valence-corrected chi connectivity index (χ4v) is 6.50. The Morgan fingerprint density at radius 2 is 0.962 bits per heavy atom. The zero-order chi connectivity index (χ0) is 37.0. The Hall–Kier alpha value is -7.55. The zero-order valence-electron chi connectivity index (χ0n) is 26.9. The van der Waals surface area contributed by atoms with E-state index in [-0.39, 0.29) is 38.8 Å². The topological polar surface area (TPSA) is 110 Å². The summed E-state index contributed by atoms with van der Waals surface area (Å²) in [5, 5.41) is 30.5. The van der Waals surface area contributed by atoms with Crippen LogP contribution in [-0.4, -0.2) is 15.0 Å². The van der Waals surface area contributed by atoms with Gasteiger partial charge in [-0.3, -0.25) is 0 Å². The van der Waals surface area contributed by atoms with Crippen molar-refractivity contribution in [3.63, 3.8) is 0 Å². The molecule has 6 nitrogen and oxygen atoms in total. The maximum atomic E-state index is 15.4. The SMILES string of the molecule is N#Cc1ccc(-c2nc3cc(C#N)c4c5ccccc5nc(-c5ccccc5-c5c(F)c(F)c(F)c(F)c5F)c4c3nc2-c2ccc(C#N)cc2)cc1. The molecule has 0 bridgehead atoms. The molecule has 0 aliphatic rings. The van der Waals surface area contributed by atoms with Crippen molar-refractivity contribution < 1.29 is 22.0 Å². The van der Waals surface area contributed by atoms with Crippen molar-refractivity contribution in [2.75, 3.05) is 0 Å². The summed E-state index contributed by atoms with van der Waals surface area (Å²) in [5.41, 5.74) is 2.25. The van der Waals surface area contributed by atoms with Gasteiger partial charge in [0.15, 0.2) is 23.3 Å². The highest BCUT2D eigenvalue weighted by molar-refractivity contribution is 6.22. The molecule has 2 heterocycles. The predicted molar refractivity (Wildman–Crippen MR) is 188 cm³/mol. The van der Waals surface area contributed by atoms with Crippen LogP contribution < -0.4 is 0 Å². The van der Waals surface area contributed by atoms with Crippen LogP contribution in [0, 0.1) is 63.1 Å². The highest BCUT2D eigenvalue weighted by Crippen LogP contribution is 2.44. The van der Waals surface area contributed by atoms with Gasteiger partial charge in [-0.05, 0) is 42.0 Å². The maximum Gasteiger partial charge on any atom is 0.200 e. The summed E-state index contributed by atoms with van der Waals surface area (Å²) in [4.78, 5) is 15.0. The van der Waals surface area contributed by atoms with E-state index >= 15 is 8.78 Å². The first kappa shape index (κ1) is 32.6. The van der Waals surface area contributed by atoms with Gasteiger partial charge in [-0.2, -0.15) is 15.8 Å². The minimum atomic E-state index is -2.29. The predicted octanol–water partition coefficient (Wildman–Crippen LogP) is 10.3. The van der Waals surface area contributed by atoms with Gasteiger partial charge >= 0.3 is 0 Å². The van der Waals surface area contributed by atoms with E-state index in [9.17, 15) is 29.0 Å². The lowest BCUT2D eigenvalue weighted by Gasteiger charge is -2.18. The molecule has 0 aliphatic carbocycles. The molecule has 11 heteroatoms. The second-order valence-corrected chi connectivity index (χ2v) is 11.9. The van der Waals surface area contributed by atoms with E-state index in [2.05, 4.69) is 18.2 Å². The van der Waals surface area contributed by atoms with E-state index in [1.54, 1.807) is 78.9 Å². The molecular weight excluding hydrogens is 683 g/mol. The average molecular weight is 701 g/mol. The lowest BCUT2D eigenvalue weighted by atomic mass is 9.90. The molecule has 0 radical (unpaired) electrons. The minimum absolute atomic E-state index is 0.000688. The van der Waals surface area contributed by atoms with Gasteiger partial charge in [0, 0.05) is 32.8 Å². The van der Waals surface area contributed by atoms with Gasteiger partial charge in [-0.15, -0.1) is 0 Å². The molecule has 0 fully saturated rings. The van der Waals surface area contributed by atoms with E-state index in [1.165, 1.54) is 24.3 Å². The highest BCUT2D eigenvalue weighted by Gasteiger charge is 2.29. The Bertz CT molecular complexity index is 2950. The molecule has 6 aromatic carbocycles. The lowest BCUT2D eigenvalue weighted by Crippen LogP contribution is -2.05. The van der Waals surface area contributed by atoms with Crippen molar-refractivity contribution in [3.8, 4) is 63.1 Å². The van der Waals surface area contributed by atoms with Crippen molar-refractivity contribution in [2.24, 2.45) is 0 Å². The Morgan fingerprint density at radius 1 is 0.453 bits per heavy atom. The van der Waals surface area contributed by atoms with E-state index in [0.29, 0.717) is 49.9 Å². The molecule has 53 heavy (non-hydrogen) atoms. The molecule has 0 N–H and O–H groups in total. The molecule has 250 valence electrons. The number of nitrogens with zero attached hydrogens (tertiary/aromatic N) is 6. The third-order valence-corrected chi connectivity index (χ3v) is 8.96. The molecule has 0 atom stereocenters. The molecule has 8 aromatic rings. The Labute approximate surface area is 296 Å². The molecule has 0 spiro atoms. The quantitative estimate of drug-likeness (QED) is 0.0782. The first-order valence-electron chi connectivity index (χ1n) is 15.8. The number of rotatable bonds is 4. The van der Waals surface area contributed by atoms with Crippen LogP contribution in [-0.2, 0) is 0 Å². The second-order valence-electron chi connectivity index (χ2n) is 11.9. The van der Waals surface area contributed by atoms with Crippen molar-refractivity contribution in [2.45, 2.75) is 0 Å². The van der Waals surface area contributed by atoms with E-state index in [4.69, 9.17) is 15.0 Å². The third-order valence-electron chi connectivity index (χ3n) is 8.96. The van der Waals surface area contributed by atoms with Crippen LogP contribution >= 0.6 is 0 Å². The standard InChI is InChI=1S/C42H17F5N6/c43-34-32(35(44)37(46)38(47)36(34)45)26-5-1-2-6-27(26)41-33-31(28-7-3-4-8-29(28)51-41)25(20-50)17-30-42(33)53-40(24-15-11-22(19-49)12-16-24)39(52-30)23-13-9-21(18-48)10-14-23/h1-17H. The second kappa shape index (κ2) is 12.6. The molecular formula is C42H17F5N6. The number of halogens is 5. The van der Waals surface area contributed by atoms with Gasteiger partial charge in [0.1, 0.15) is 0 Å². The molecule has 2 aromatic heterocycles. The van der Waals surface area contributed by atoms with Crippen molar-refractivity contribution in [1.29, 1.82) is 15.8 Å². The fourth-order valence-electron chi connectivity index (χ4n) is 6.50. The Kier molecular flexibility index (Phi) is 7.79. The number of aromatic nitrogens is 3. The van der Waals surface area contributed by atoms with Gasteiger partial charge in [0.25, 0.3) is 0 Å². The van der Waals surface area contributed by atoms with Crippen molar-refractivity contribution in [1.82, 2.24) is 15.0 Å². The highest BCUT2D eigenvalue weighted by atomic mass is 19.2. The van der Waals surface area contributed by atoms with Crippen LogP contribution in [0.4, 0.5) is 22.0 Å². The molecule has 0 unspecified atom stereocenters. The summed E-state index contributed by atoms with van der Waals surface area (Å²) in [6.45, 7) is 0. The molecule has 0 saturated heterocycles. The Balaban J connectivity index is 1.56. The van der Waals surface area contributed by atoms with E-state index in [0.717, 1.165) is 0 Å². The Morgan fingerprint density at radius 3 is 1.55 bits per heavy atom. The number of benzene rings is 6. The largest absolute Gasteiger partial charge is 0.247 e. The third kappa shape index (κ3) is 5.17. The summed E-state index contributed by atoms with van der Waals surface area (Å²) in [6, 6.07) is 33.7. The summed E-state index contributed by atoms with van der Waals surface area (Å²) < 4.78 is 74.2. The fraction of sp³-hybridized carbons (Fsp3) is 0. The van der Waals surface area contributed by atoms with E-state index < -0.39 is 34.6 Å². The van der Waals surface area contributed by atoms with Crippen LogP contribution in [0.15, 0.2) is 103 Å². The molecule has 0 saturated carbocycles. The summed E-state index contributed by atoms with van der Waals surface area (Å²) in [7, 11) is 0. The number of hydrogen-bond donors (Lipinski definition) is 0. The van der Waals surface area contributed by atoms with Gasteiger partial charge in [-0.1, -0.05) is 66.7 Å². The molecule has 8 rings (SSSR count). The first-order valence-corrected chi connectivity index (χ1v) is 15.8. The average Bonchev–Trinajstić information content (AvgIpc) is 3.21. The van der Waals surface area contributed by atoms with Crippen LogP contribution in [0.2, 0.25) is 0 Å².